The molecule has 0 aromatic heterocycles. The lowest BCUT2D eigenvalue weighted by atomic mass is 9.98. The van der Waals surface area contributed by atoms with Crippen LogP contribution in [0.1, 0.15) is 29.2 Å². The van der Waals surface area contributed by atoms with Crippen LogP contribution in [0, 0.1) is 13.8 Å². The highest BCUT2D eigenvalue weighted by atomic mass is 16.5. The van der Waals surface area contributed by atoms with Crippen LogP contribution >= 0.6 is 0 Å². The predicted molar refractivity (Wildman–Crippen MR) is 66.0 cm³/mol. The molecule has 0 aliphatic carbocycles. The lowest BCUT2D eigenvalue weighted by Crippen LogP contribution is -2.12. The van der Waals surface area contributed by atoms with E-state index in [-0.39, 0.29) is 0 Å². The molecule has 0 aliphatic heterocycles. The Hall–Kier alpha value is -1.06. The van der Waals surface area contributed by atoms with Gasteiger partial charge in [-0.2, -0.15) is 0 Å². The van der Waals surface area contributed by atoms with Crippen molar-refractivity contribution in [1.82, 2.24) is 5.32 Å². The molecule has 0 saturated carbocycles. The molecular formula is C13H21NO2. The minimum atomic E-state index is -0.406. The average molecular weight is 223 g/mol. The number of rotatable bonds is 5. The van der Waals surface area contributed by atoms with E-state index in [1.807, 2.05) is 33.0 Å². The smallest absolute Gasteiger partial charge is 0.122 e. The molecule has 0 fully saturated rings. The minimum absolute atomic E-state index is 0.406. The topological polar surface area (TPSA) is 41.5 Å². The van der Waals surface area contributed by atoms with E-state index in [9.17, 15) is 5.11 Å². The summed E-state index contributed by atoms with van der Waals surface area (Å²) in [5, 5.41) is 13.1. The largest absolute Gasteiger partial charge is 0.496 e. The fraction of sp³-hybridized carbons (Fsp3) is 0.538. The molecule has 0 aliphatic rings. The second kappa shape index (κ2) is 5.87. The summed E-state index contributed by atoms with van der Waals surface area (Å²) in [6, 6.07) is 3.99. The van der Waals surface area contributed by atoms with E-state index in [4.69, 9.17) is 4.74 Å². The molecule has 1 aromatic carbocycles. The van der Waals surface area contributed by atoms with Crippen LogP contribution in [-0.2, 0) is 0 Å². The molecule has 1 rings (SSSR count). The molecule has 1 atom stereocenters. The zero-order valence-corrected chi connectivity index (χ0v) is 10.5. The van der Waals surface area contributed by atoms with Crippen LogP contribution in [0.15, 0.2) is 12.1 Å². The van der Waals surface area contributed by atoms with Crippen molar-refractivity contribution in [3.63, 3.8) is 0 Å². The fourth-order valence-electron chi connectivity index (χ4n) is 1.83. The Morgan fingerprint density at radius 3 is 2.56 bits per heavy atom. The molecule has 16 heavy (non-hydrogen) atoms. The van der Waals surface area contributed by atoms with Gasteiger partial charge in [0.2, 0.25) is 0 Å². The van der Waals surface area contributed by atoms with Crippen molar-refractivity contribution >= 4 is 0 Å². The second-order valence-corrected chi connectivity index (χ2v) is 4.09. The van der Waals surface area contributed by atoms with Crippen molar-refractivity contribution in [2.24, 2.45) is 0 Å². The molecule has 1 unspecified atom stereocenters. The summed E-state index contributed by atoms with van der Waals surface area (Å²) in [4.78, 5) is 0. The summed E-state index contributed by atoms with van der Waals surface area (Å²) < 4.78 is 5.25. The molecule has 1 aromatic rings. The van der Waals surface area contributed by atoms with Crippen molar-refractivity contribution in [3.05, 3.63) is 28.8 Å². The monoisotopic (exact) mass is 223 g/mol. The molecule has 0 radical (unpaired) electrons. The summed E-state index contributed by atoms with van der Waals surface area (Å²) in [5.74, 6) is 0.877. The molecule has 0 saturated heterocycles. The van der Waals surface area contributed by atoms with Crippen LogP contribution in [0.3, 0.4) is 0 Å². The van der Waals surface area contributed by atoms with Gasteiger partial charge in [0.15, 0.2) is 0 Å². The van der Waals surface area contributed by atoms with Crippen LogP contribution in [0.4, 0.5) is 0 Å². The first kappa shape index (κ1) is 13.0. The maximum atomic E-state index is 10.0. The third-order valence-electron chi connectivity index (χ3n) is 2.81. The molecule has 90 valence electrons. The number of hydrogen-bond acceptors (Lipinski definition) is 3. The zero-order chi connectivity index (χ0) is 12.1. The zero-order valence-electron chi connectivity index (χ0n) is 10.5. The van der Waals surface area contributed by atoms with E-state index in [1.165, 1.54) is 0 Å². The van der Waals surface area contributed by atoms with Crippen LogP contribution in [-0.4, -0.2) is 25.8 Å². The van der Waals surface area contributed by atoms with E-state index in [2.05, 4.69) is 5.32 Å². The molecule has 2 N–H and O–H groups in total. The van der Waals surface area contributed by atoms with Crippen LogP contribution in [0.2, 0.25) is 0 Å². The van der Waals surface area contributed by atoms with Crippen molar-refractivity contribution < 1.29 is 9.84 Å². The van der Waals surface area contributed by atoms with Gasteiger partial charge in [-0.1, -0.05) is 0 Å². The SMILES string of the molecule is CNCCC(O)c1cc(C)c(OC)cc1C. The Labute approximate surface area is 97.4 Å². The van der Waals surface area contributed by atoms with E-state index in [0.29, 0.717) is 0 Å². The summed E-state index contributed by atoms with van der Waals surface area (Å²) in [6.45, 7) is 4.80. The van der Waals surface area contributed by atoms with Crippen LogP contribution in [0.5, 0.6) is 5.75 Å². The number of aryl methyl sites for hydroxylation is 2. The number of methoxy groups -OCH3 is 1. The maximum Gasteiger partial charge on any atom is 0.122 e. The normalized spacial score (nSPS) is 12.6. The van der Waals surface area contributed by atoms with E-state index < -0.39 is 6.10 Å². The summed E-state index contributed by atoms with van der Waals surface area (Å²) in [6.07, 6.45) is 0.320. The standard InChI is InChI=1S/C13H21NO2/c1-9-8-13(16-4)10(2)7-11(9)12(15)5-6-14-3/h7-8,12,14-15H,5-6H2,1-4H3. The summed E-state index contributed by atoms with van der Waals surface area (Å²) in [7, 11) is 3.55. The van der Waals surface area contributed by atoms with Gasteiger partial charge in [0.1, 0.15) is 5.75 Å². The highest BCUT2D eigenvalue weighted by molar-refractivity contribution is 5.42. The number of hydrogen-bond donors (Lipinski definition) is 2. The Bertz CT molecular complexity index is 350. The fourth-order valence-corrected chi connectivity index (χ4v) is 1.83. The number of ether oxygens (including phenoxy) is 1. The van der Waals surface area contributed by atoms with Gasteiger partial charge < -0.3 is 15.2 Å². The van der Waals surface area contributed by atoms with Crippen LogP contribution in [0.25, 0.3) is 0 Å². The lowest BCUT2D eigenvalue weighted by Gasteiger charge is -2.16. The summed E-state index contributed by atoms with van der Waals surface area (Å²) >= 11 is 0. The first-order valence-electron chi connectivity index (χ1n) is 5.58. The third-order valence-corrected chi connectivity index (χ3v) is 2.81. The Kier molecular flexibility index (Phi) is 4.77. The second-order valence-electron chi connectivity index (χ2n) is 4.09. The molecule has 0 amide bonds. The number of nitrogens with one attached hydrogen (secondary N) is 1. The first-order valence-corrected chi connectivity index (χ1v) is 5.58. The lowest BCUT2D eigenvalue weighted by molar-refractivity contribution is 0.167. The van der Waals surface area contributed by atoms with Gasteiger partial charge in [0, 0.05) is 0 Å². The van der Waals surface area contributed by atoms with Crippen molar-refractivity contribution in [1.29, 1.82) is 0 Å². The van der Waals surface area contributed by atoms with Gasteiger partial charge in [-0.05, 0) is 62.7 Å². The van der Waals surface area contributed by atoms with Gasteiger partial charge >= 0.3 is 0 Å². The number of benzene rings is 1. The van der Waals surface area contributed by atoms with Gasteiger partial charge in [0.25, 0.3) is 0 Å². The van der Waals surface area contributed by atoms with E-state index in [1.54, 1.807) is 7.11 Å². The predicted octanol–water partition coefficient (Wildman–Crippen LogP) is 1.95. The maximum absolute atomic E-state index is 10.0. The molecule has 0 heterocycles. The molecule has 0 bridgehead atoms. The minimum Gasteiger partial charge on any atom is -0.496 e. The Balaban J connectivity index is 2.92. The molecule has 3 heteroatoms. The van der Waals surface area contributed by atoms with E-state index >= 15 is 0 Å². The number of aliphatic hydroxyl groups is 1. The Morgan fingerprint density at radius 2 is 2.00 bits per heavy atom. The first-order chi connectivity index (χ1) is 7.60. The van der Waals surface area contributed by atoms with Gasteiger partial charge in [0.05, 0.1) is 13.2 Å². The van der Waals surface area contributed by atoms with Gasteiger partial charge in [-0.15, -0.1) is 0 Å². The van der Waals surface area contributed by atoms with Crippen molar-refractivity contribution in [2.45, 2.75) is 26.4 Å². The van der Waals surface area contributed by atoms with E-state index in [0.717, 1.165) is 35.4 Å². The number of aliphatic hydroxyl groups excluding tert-OH is 1. The van der Waals surface area contributed by atoms with Crippen molar-refractivity contribution in [2.75, 3.05) is 20.7 Å². The molecule has 0 spiro atoms. The average Bonchev–Trinajstić information content (AvgIpc) is 2.28. The Morgan fingerprint density at radius 1 is 1.31 bits per heavy atom. The van der Waals surface area contributed by atoms with Crippen molar-refractivity contribution in [3.8, 4) is 5.75 Å². The third kappa shape index (κ3) is 2.97. The van der Waals surface area contributed by atoms with Gasteiger partial charge in [-0.3, -0.25) is 0 Å². The molecule has 3 nitrogen and oxygen atoms in total. The van der Waals surface area contributed by atoms with Crippen LogP contribution < -0.4 is 10.1 Å². The highest BCUT2D eigenvalue weighted by Crippen LogP contribution is 2.27. The van der Waals surface area contributed by atoms with Gasteiger partial charge in [-0.25, -0.2) is 0 Å². The highest BCUT2D eigenvalue weighted by Gasteiger charge is 2.12. The quantitative estimate of drug-likeness (QED) is 0.801. The molecular weight excluding hydrogens is 202 g/mol. The summed E-state index contributed by atoms with van der Waals surface area (Å²) in [5.41, 5.74) is 3.13.